The van der Waals surface area contributed by atoms with Crippen molar-refractivity contribution in [2.75, 3.05) is 26.4 Å². The summed E-state index contributed by atoms with van der Waals surface area (Å²) in [5.74, 6) is -0.566. The normalized spacial score (nSPS) is 13.1. The molecule has 9 aromatic rings. The van der Waals surface area contributed by atoms with Crippen LogP contribution in [-0.4, -0.2) is 64.6 Å². The van der Waals surface area contributed by atoms with Crippen LogP contribution in [0, 0.1) is 51.9 Å². The molecule has 11 rings (SSSR count). The van der Waals surface area contributed by atoms with Gasteiger partial charge in [0.2, 0.25) is 0 Å². The Morgan fingerprint density at radius 2 is 1.12 bits per heavy atom. The molecule has 11 heteroatoms. The Morgan fingerprint density at radius 1 is 0.556 bits per heavy atom. The number of carbonyl (C=O) groups excluding carboxylic acids is 2. The predicted molar refractivity (Wildman–Crippen MR) is 338 cm³/mol. The molecule has 2 aliphatic carbocycles. The summed E-state index contributed by atoms with van der Waals surface area (Å²) < 4.78 is 26.3. The third-order valence-corrected chi connectivity index (χ3v) is 16.3. The number of aryl methyl sites for hydroxylation is 2. The van der Waals surface area contributed by atoms with Crippen LogP contribution in [0.4, 0.5) is 0 Å². The number of rotatable bonds is 19. The Labute approximate surface area is 510 Å². The van der Waals surface area contributed by atoms with Crippen LogP contribution in [-0.2, 0) is 27.2 Å². The van der Waals surface area contributed by atoms with Crippen molar-refractivity contribution in [2.24, 2.45) is 13.4 Å². The molecule has 2 aliphatic rings. The maximum absolute atomic E-state index is 13.0. The maximum atomic E-state index is 13.0. The van der Waals surface area contributed by atoms with Gasteiger partial charge in [0.25, 0.3) is 0 Å². The molecule has 0 bridgehead atoms. The summed E-state index contributed by atoms with van der Waals surface area (Å²) in [6, 6.07) is 57.9. The summed E-state index contributed by atoms with van der Waals surface area (Å²) in [5.41, 5.74) is 20.1. The molecule has 0 N–H and O–H groups in total. The number of halogens is 1. The molecular weight excluding hydrogens is 1340 g/mol. The second-order valence-electron chi connectivity index (χ2n) is 19.8. The number of hydrogen-bond acceptors (Lipinski definition) is 8. The minimum absolute atomic E-state index is 0. The molecule has 0 radical (unpaired) electrons. The third-order valence-electron chi connectivity index (χ3n) is 14.6. The van der Waals surface area contributed by atoms with Gasteiger partial charge in [-0.05, 0) is 118 Å². The van der Waals surface area contributed by atoms with Gasteiger partial charge >= 0.3 is 43.1 Å². The van der Waals surface area contributed by atoms with Gasteiger partial charge in [-0.25, -0.2) is 12.8 Å². The molecule has 0 fully saturated rings. The largest absolute Gasteiger partial charge is 2.00 e. The molecule has 1 heterocycles. The summed E-state index contributed by atoms with van der Waals surface area (Å²) in [6.07, 6.45) is 7.32. The summed E-state index contributed by atoms with van der Waals surface area (Å²) in [7, 11) is 0. The Hall–Kier alpha value is -6.88. The smallest absolute Gasteiger partial charge is 0.462 e. The van der Waals surface area contributed by atoms with Crippen LogP contribution < -0.4 is 0 Å². The average molecular weight is 1410 g/mol. The van der Waals surface area contributed by atoms with Crippen molar-refractivity contribution < 1.29 is 54.9 Å². The fraction of sp³-hybridized carbons (Fsp3) is 0.200. The molecule has 81 heavy (non-hydrogen) atoms. The minimum atomic E-state index is -0.627. The first kappa shape index (κ1) is 58.8. The van der Waals surface area contributed by atoms with Crippen molar-refractivity contribution in [1.82, 2.24) is 4.57 Å². The molecular formula is C70H65IN4O5U. The van der Waals surface area contributed by atoms with Gasteiger partial charge in [0, 0.05) is 82.8 Å². The van der Waals surface area contributed by atoms with E-state index in [0.29, 0.717) is 44.1 Å². The summed E-state index contributed by atoms with van der Waals surface area (Å²) in [5, 5.41) is 11.8. The molecule has 0 amide bonds. The Bertz CT molecular complexity index is 3870. The van der Waals surface area contributed by atoms with Crippen molar-refractivity contribution in [2.45, 2.75) is 65.8 Å². The van der Waals surface area contributed by atoms with Crippen LogP contribution in [0.2, 0.25) is 0 Å². The number of para-hydroxylation sites is 1. The standard InChI is InChI=1S/C37H37N2O3.C33H28IN2O2.U/c1-4-6-23-42-37(40)33-19-11-18-32-35(33)30-16-9-10-17-31(30)36(32)39-38-25-27-20-21-28(14-12-22-41-5-2)34(24-27)29-15-8-7-13-26(29)3;1-3-5-19-38-33(37)27-15-10-14-26-31(27)24-12-6-7-13-25(24)32(26)35-34-21-22-17-18-30-28(20-22)23-11-8-9-16-29(23)36(30)4-2;/h7-11,13,15-21,24-25H,2,4-6,12,14,22-23H2,1,3H3;6-18,20-21H,2-5,19H2,1H3;/q2*-1;+2/b38-25+,39-36+;;. The molecule has 0 saturated heterocycles. The molecule has 0 unspecified atom stereocenters. The molecule has 8 aromatic carbocycles. The van der Waals surface area contributed by atoms with E-state index in [-0.39, 0.29) is 43.1 Å². The molecule has 9 nitrogen and oxygen atoms in total. The van der Waals surface area contributed by atoms with Gasteiger partial charge in [-0.2, -0.15) is 5.10 Å². The number of aromatic nitrogens is 1. The molecule has 0 aliphatic heterocycles. The zero-order valence-corrected chi connectivity index (χ0v) is 52.5. The van der Waals surface area contributed by atoms with Crippen LogP contribution in [0.1, 0.15) is 111 Å². The van der Waals surface area contributed by atoms with Gasteiger partial charge in [0.15, 0.2) is 0 Å². The van der Waals surface area contributed by atoms with E-state index in [1.165, 1.54) is 49.6 Å². The quantitative estimate of drug-likeness (QED) is 0.0200. The van der Waals surface area contributed by atoms with E-state index < -0.39 is 21.0 Å². The van der Waals surface area contributed by atoms with Gasteiger partial charge in [0.05, 0.1) is 36.3 Å². The number of unbranched alkanes of at least 4 members (excludes halogenated alkanes) is 2. The minimum Gasteiger partial charge on any atom is -0.462 e. The van der Waals surface area contributed by atoms with E-state index in [1.54, 1.807) is 6.21 Å². The third kappa shape index (κ3) is 12.9. The Morgan fingerprint density at radius 3 is 1.77 bits per heavy atom. The number of esters is 2. The van der Waals surface area contributed by atoms with Crippen molar-refractivity contribution in [3.05, 3.63) is 239 Å². The zero-order chi connectivity index (χ0) is 55.4. The molecule has 0 spiro atoms. The van der Waals surface area contributed by atoms with E-state index in [2.05, 4.69) is 151 Å². The fourth-order valence-electron chi connectivity index (χ4n) is 10.6. The molecule has 1 aromatic heterocycles. The number of benzene rings is 8. The van der Waals surface area contributed by atoms with Gasteiger partial charge in [-0.1, -0.05) is 167 Å². The number of ether oxygens (including phenoxy) is 3. The van der Waals surface area contributed by atoms with Crippen LogP contribution in [0.3, 0.4) is 0 Å². The van der Waals surface area contributed by atoms with Crippen molar-refractivity contribution >= 4 is 76.4 Å². The first-order valence-corrected chi connectivity index (χ1v) is 29.9. The van der Waals surface area contributed by atoms with Crippen molar-refractivity contribution in [3.63, 3.8) is 0 Å². The van der Waals surface area contributed by atoms with Gasteiger partial charge in [-0.15, -0.1) is 11.6 Å². The van der Waals surface area contributed by atoms with Crippen LogP contribution >= 0.6 is 21.0 Å². The van der Waals surface area contributed by atoms with Crippen LogP contribution in [0.5, 0.6) is 0 Å². The summed E-state index contributed by atoms with van der Waals surface area (Å²) >= 11 is -0.627. The number of fused-ring (bicyclic) bond motifs is 9. The first-order chi connectivity index (χ1) is 39.3. The van der Waals surface area contributed by atoms with E-state index in [4.69, 9.17) is 22.5 Å². The van der Waals surface area contributed by atoms with Crippen LogP contribution in [0.15, 0.2) is 183 Å². The van der Waals surface area contributed by atoms with Gasteiger partial charge < -0.3 is 32.6 Å². The van der Waals surface area contributed by atoms with Crippen molar-refractivity contribution in [1.29, 1.82) is 0 Å². The Balaban J connectivity index is 0.000000194. The molecule has 406 valence electrons. The first-order valence-electron chi connectivity index (χ1n) is 27.6. The van der Waals surface area contributed by atoms with E-state index in [0.717, 1.165) is 100 Å². The molecule has 0 saturated carbocycles. The summed E-state index contributed by atoms with van der Waals surface area (Å²) in [4.78, 5) is 25.9. The zero-order valence-electron chi connectivity index (χ0n) is 46.2. The second-order valence-corrected chi connectivity index (χ2v) is 21.4. The predicted octanol–water partition coefficient (Wildman–Crippen LogP) is 16.4. The van der Waals surface area contributed by atoms with E-state index >= 15 is 0 Å². The number of hydrogen-bond donors (Lipinski definition) is 0. The second kappa shape index (κ2) is 28.2. The van der Waals surface area contributed by atoms with Gasteiger partial charge in [-0.3, -0.25) is 0 Å². The topological polar surface area (TPSA) is 104 Å². The average Bonchev–Trinajstić information content (AvgIpc) is 4.21. The molecule has 0 atom stereocenters. The van der Waals surface area contributed by atoms with E-state index in [1.807, 2.05) is 66.7 Å². The van der Waals surface area contributed by atoms with E-state index in [9.17, 15) is 9.59 Å². The maximum Gasteiger partial charge on any atom is 2.00 e. The number of carbonyl (C=O) groups is 2. The van der Waals surface area contributed by atoms with Gasteiger partial charge in [0.1, 0.15) is 5.71 Å². The SMILES string of the molecule is [CH2-]COCCCc1ccc(/C=N/N=C2\c3ccccc3-c3c(C(=O)OCCCC)cccc32)cc1-c1ccccc1C.[CH2-]Cn1c2ccccc2c2cc(C=IN=C3c4ccccc4-c4c(C(=O)OCCCC)cccc43)ccc21.[U+2]. The van der Waals surface area contributed by atoms with Crippen LogP contribution in [0.25, 0.3) is 55.2 Å². The van der Waals surface area contributed by atoms with Crippen molar-refractivity contribution in [3.8, 4) is 33.4 Å². The fourth-order valence-corrected chi connectivity index (χ4v) is 12.3. The Kier molecular flexibility index (Phi) is 20.5. The summed E-state index contributed by atoms with van der Waals surface area (Å²) in [6.45, 7) is 16.9. The monoisotopic (exact) mass is 1410 g/mol. The number of nitrogens with zero attached hydrogens (tertiary/aromatic N) is 4.